The summed E-state index contributed by atoms with van der Waals surface area (Å²) in [5.74, 6) is 0.381. The highest BCUT2D eigenvalue weighted by Gasteiger charge is 2.26. The van der Waals surface area contributed by atoms with Crippen molar-refractivity contribution in [3.05, 3.63) is 64.1 Å². The van der Waals surface area contributed by atoms with Crippen LogP contribution in [0.3, 0.4) is 0 Å². The third kappa shape index (κ3) is 4.03. The maximum Gasteiger partial charge on any atom is 0.293 e. The minimum atomic E-state index is -3.49. The van der Waals surface area contributed by atoms with Gasteiger partial charge in [0, 0.05) is 50.5 Å². The summed E-state index contributed by atoms with van der Waals surface area (Å²) in [6, 6.07) is 9.31. The Morgan fingerprint density at radius 1 is 1.12 bits per heavy atom. The lowest BCUT2D eigenvalue weighted by atomic mass is 10.2. The second kappa shape index (κ2) is 7.84. The largest absolute Gasteiger partial charge is 0.349 e. The molecule has 1 aromatic heterocycles. The van der Waals surface area contributed by atoms with Crippen molar-refractivity contribution in [2.45, 2.75) is 13.5 Å². The lowest BCUT2D eigenvalue weighted by Crippen LogP contribution is -2.50. The molecule has 0 saturated carbocycles. The predicted molar refractivity (Wildman–Crippen MR) is 102 cm³/mol. The molecule has 0 radical (unpaired) electrons. The summed E-state index contributed by atoms with van der Waals surface area (Å²) in [6.45, 7) is 4.00. The smallest absolute Gasteiger partial charge is 0.293 e. The predicted octanol–water partition coefficient (Wildman–Crippen LogP) is 1.39. The first-order valence-electron chi connectivity index (χ1n) is 8.55. The second-order valence-electron chi connectivity index (χ2n) is 5.99. The van der Waals surface area contributed by atoms with Gasteiger partial charge >= 0.3 is 0 Å². The number of aryl methyl sites for hydroxylation is 1. The van der Waals surface area contributed by atoms with Crippen LogP contribution in [-0.4, -0.2) is 48.5 Å². The molecule has 1 aliphatic rings. The Morgan fingerprint density at radius 2 is 1.81 bits per heavy atom. The molecule has 2 heterocycles. The average Bonchev–Trinajstić information content (AvgIpc) is 2.68. The Labute approximate surface area is 153 Å². The highest BCUT2D eigenvalue weighted by molar-refractivity contribution is 7.92. The van der Waals surface area contributed by atoms with E-state index in [1.54, 1.807) is 23.0 Å². The Balaban J connectivity index is 1.68. The van der Waals surface area contributed by atoms with Crippen LogP contribution in [0.15, 0.2) is 52.9 Å². The van der Waals surface area contributed by atoms with Gasteiger partial charge in [-0.15, -0.1) is 0 Å². The van der Waals surface area contributed by atoms with Crippen LogP contribution in [0.5, 0.6) is 0 Å². The minimum absolute atomic E-state index is 0.143. The zero-order valence-electron chi connectivity index (χ0n) is 14.7. The Bertz CT molecular complexity index is 930. The maximum atomic E-state index is 12.5. The van der Waals surface area contributed by atoms with Gasteiger partial charge in [0.05, 0.1) is 0 Å². The van der Waals surface area contributed by atoms with Gasteiger partial charge in [-0.1, -0.05) is 30.3 Å². The molecule has 1 saturated heterocycles. The molecule has 0 atom stereocenters. The van der Waals surface area contributed by atoms with E-state index in [-0.39, 0.29) is 5.56 Å². The van der Waals surface area contributed by atoms with Crippen molar-refractivity contribution in [2.75, 3.05) is 31.1 Å². The van der Waals surface area contributed by atoms with E-state index < -0.39 is 10.0 Å². The van der Waals surface area contributed by atoms with Crippen molar-refractivity contribution in [1.29, 1.82) is 0 Å². The number of hydrogen-bond acceptors (Lipinski definition) is 5. The van der Waals surface area contributed by atoms with E-state index in [1.165, 1.54) is 9.71 Å². The summed E-state index contributed by atoms with van der Waals surface area (Å²) in [5.41, 5.74) is 0.693. The molecule has 1 fully saturated rings. The van der Waals surface area contributed by atoms with E-state index in [0.29, 0.717) is 38.5 Å². The number of piperazine rings is 1. The number of rotatable bonds is 5. The fourth-order valence-corrected chi connectivity index (χ4v) is 4.04. The molecule has 0 amide bonds. The quantitative estimate of drug-likeness (QED) is 0.790. The second-order valence-corrected chi connectivity index (χ2v) is 7.80. The van der Waals surface area contributed by atoms with Gasteiger partial charge < -0.3 is 9.47 Å². The van der Waals surface area contributed by atoms with Gasteiger partial charge in [-0.3, -0.25) is 4.79 Å². The summed E-state index contributed by atoms with van der Waals surface area (Å²) >= 11 is 0. The van der Waals surface area contributed by atoms with Crippen molar-refractivity contribution < 1.29 is 8.42 Å². The van der Waals surface area contributed by atoms with Gasteiger partial charge in [0.25, 0.3) is 5.56 Å². The lowest BCUT2D eigenvalue weighted by molar-refractivity contribution is 0.388. The van der Waals surface area contributed by atoms with Crippen LogP contribution in [0.2, 0.25) is 0 Å². The standard InChI is InChI=1S/C18H22N4O3S/c1-2-20-10-9-19-17(18(20)23)21-11-13-22(14-12-21)26(24,25)15-8-16-6-4-3-5-7-16/h3-10,15H,2,11-14H2,1H3/b15-8+. The fourth-order valence-electron chi connectivity index (χ4n) is 2.87. The van der Waals surface area contributed by atoms with Crippen LogP contribution < -0.4 is 10.5 Å². The van der Waals surface area contributed by atoms with E-state index in [0.717, 1.165) is 5.56 Å². The molecule has 0 bridgehead atoms. The van der Waals surface area contributed by atoms with Crippen LogP contribution in [0.4, 0.5) is 5.82 Å². The van der Waals surface area contributed by atoms with Gasteiger partial charge in [-0.2, -0.15) is 4.31 Å². The first-order chi connectivity index (χ1) is 12.5. The van der Waals surface area contributed by atoms with Crippen LogP contribution >= 0.6 is 0 Å². The maximum absolute atomic E-state index is 12.5. The third-order valence-electron chi connectivity index (χ3n) is 4.37. The van der Waals surface area contributed by atoms with Gasteiger partial charge in [0.15, 0.2) is 5.82 Å². The molecule has 7 nitrogen and oxygen atoms in total. The SMILES string of the molecule is CCn1ccnc(N2CCN(S(=O)(=O)/C=C/c3ccccc3)CC2)c1=O. The number of benzene rings is 1. The Morgan fingerprint density at radius 3 is 2.46 bits per heavy atom. The molecule has 1 aromatic carbocycles. The van der Waals surface area contributed by atoms with Crippen molar-refractivity contribution in [3.63, 3.8) is 0 Å². The third-order valence-corrected chi connectivity index (χ3v) is 5.93. The number of nitrogens with zero attached hydrogens (tertiary/aromatic N) is 4. The highest BCUT2D eigenvalue weighted by atomic mass is 32.2. The monoisotopic (exact) mass is 374 g/mol. The lowest BCUT2D eigenvalue weighted by Gasteiger charge is -2.33. The van der Waals surface area contributed by atoms with E-state index in [2.05, 4.69) is 4.98 Å². The summed E-state index contributed by atoms with van der Waals surface area (Å²) in [5, 5.41) is 1.24. The van der Waals surface area contributed by atoms with Gasteiger partial charge in [0.1, 0.15) is 0 Å². The number of hydrogen-bond donors (Lipinski definition) is 0. The number of sulfonamides is 1. The van der Waals surface area contributed by atoms with E-state index >= 15 is 0 Å². The van der Waals surface area contributed by atoms with Crippen molar-refractivity contribution in [3.8, 4) is 0 Å². The normalized spacial score (nSPS) is 16.3. The number of anilines is 1. The Kier molecular flexibility index (Phi) is 5.53. The molecule has 138 valence electrons. The van der Waals surface area contributed by atoms with Gasteiger partial charge in [-0.05, 0) is 18.6 Å². The average molecular weight is 374 g/mol. The van der Waals surface area contributed by atoms with Crippen molar-refractivity contribution in [1.82, 2.24) is 13.9 Å². The zero-order valence-corrected chi connectivity index (χ0v) is 15.5. The number of aromatic nitrogens is 2. The first-order valence-corrected chi connectivity index (χ1v) is 10.1. The van der Waals surface area contributed by atoms with E-state index in [4.69, 9.17) is 0 Å². The summed E-state index contributed by atoms with van der Waals surface area (Å²) in [4.78, 5) is 18.4. The van der Waals surface area contributed by atoms with Gasteiger partial charge in [0.2, 0.25) is 10.0 Å². The van der Waals surface area contributed by atoms with Crippen LogP contribution in [0.25, 0.3) is 6.08 Å². The van der Waals surface area contributed by atoms with Crippen LogP contribution in [0.1, 0.15) is 12.5 Å². The molecule has 0 N–H and O–H groups in total. The van der Waals surface area contributed by atoms with Crippen LogP contribution in [-0.2, 0) is 16.6 Å². The van der Waals surface area contributed by atoms with Crippen molar-refractivity contribution in [2.24, 2.45) is 0 Å². The molecule has 8 heteroatoms. The molecule has 0 spiro atoms. The first kappa shape index (κ1) is 18.3. The minimum Gasteiger partial charge on any atom is -0.349 e. The summed E-state index contributed by atoms with van der Waals surface area (Å²) in [7, 11) is -3.49. The van der Waals surface area contributed by atoms with Crippen molar-refractivity contribution >= 4 is 21.9 Å². The fraction of sp³-hybridized carbons (Fsp3) is 0.333. The summed E-state index contributed by atoms with van der Waals surface area (Å²) in [6.07, 6.45) is 4.85. The molecule has 3 rings (SSSR count). The summed E-state index contributed by atoms with van der Waals surface area (Å²) < 4.78 is 28.0. The highest BCUT2D eigenvalue weighted by Crippen LogP contribution is 2.14. The van der Waals surface area contributed by atoms with E-state index in [1.807, 2.05) is 42.2 Å². The molecule has 2 aromatic rings. The molecular formula is C18H22N4O3S. The van der Waals surface area contributed by atoms with E-state index in [9.17, 15) is 13.2 Å². The van der Waals surface area contributed by atoms with Gasteiger partial charge in [-0.25, -0.2) is 13.4 Å². The zero-order chi connectivity index (χ0) is 18.6. The van der Waals surface area contributed by atoms with Crippen LogP contribution in [0, 0.1) is 0 Å². The molecule has 0 unspecified atom stereocenters. The molecule has 0 aliphatic carbocycles. The molecule has 1 aliphatic heterocycles. The molecular weight excluding hydrogens is 352 g/mol. The topological polar surface area (TPSA) is 75.5 Å². The Hall–Kier alpha value is -2.45. The molecule has 26 heavy (non-hydrogen) atoms.